The fourth-order valence-corrected chi connectivity index (χ4v) is 5.22. The van der Waals surface area contributed by atoms with E-state index in [2.05, 4.69) is 44.0 Å². The first-order chi connectivity index (χ1) is 17.6. The third-order valence-electron chi connectivity index (χ3n) is 7.19. The van der Waals surface area contributed by atoms with Crippen LogP contribution in [0, 0.1) is 6.92 Å². The van der Waals surface area contributed by atoms with Crippen LogP contribution in [0.25, 0.3) is 28.3 Å². The van der Waals surface area contributed by atoms with Crippen LogP contribution in [0.2, 0.25) is 0 Å². The minimum absolute atomic E-state index is 0.0268. The van der Waals surface area contributed by atoms with Gasteiger partial charge in [0.1, 0.15) is 6.33 Å². The van der Waals surface area contributed by atoms with Crippen molar-refractivity contribution in [3.8, 4) is 28.4 Å². The third-order valence-corrected chi connectivity index (χ3v) is 7.19. The largest absolute Gasteiger partial charge is 0.493 e. The molecule has 196 valence electrons. The Kier molecular flexibility index (Phi) is 6.65. The van der Waals surface area contributed by atoms with Crippen LogP contribution < -0.4 is 4.74 Å². The van der Waals surface area contributed by atoms with E-state index in [0.717, 1.165) is 37.1 Å². The van der Waals surface area contributed by atoms with E-state index in [0.29, 0.717) is 34.6 Å². The molecule has 0 radical (unpaired) electrons. The summed E-state index contributed by atoms with van der Waals surface area (Å²) in [5, 5.41) is 11.2. The van der Waals surface area contributed by atoms with Crippen LogP contribution in [-0.2, 0) is 6.42 Å². The molecule has 0 saturated carbocycles. The highest BCUT2D eigenvalue weighted by Gasteiger charge is 2.33. The number of aromatic amines is 1. The predicted molar refractivity (Wildman–Crippen MR) is 134 cm³/mol. The maximum Gasteiger partial charge on any atom is 0.393 e. The summed E-state index contributed by atoms with van der Waals surface area (Å²) >= 11 is 0. The highest BCUT2D eigenvalue weighted by atomic mass is 19.4. The highest BCUT2D eigenvalue weighted by molar-refractivity contribution is 5.75. The van der Waals surface area contributed by atoms with Gasteiger partial charge in [-0.2, -0.15) is 23.4 Å². The Morgan fingerprint density at radius 3 is 2.57 bits per heavy atom. The van der Waals surface area contributed by atoms with Crippen molar-refractivity contribution >= 4 is 5.65 Å². The molecule has 0 unspecified atom stereocenters. The molecule has 4 aromatic rings. The average molecular weight is 514 g/mol. The second-order valence-corrected chi connectivity index (χ2v) is 9.87. The van der Waals surface area contributed by atoms with E-state index in [-0.39, 0.29) is 17.0 Å². The van der Waals surface area contributed by atoms with Gasteiger partial charge in [0.25, 0.3) is 0 Å². The number of hydrogen-bond acceptors (Lipinski definition) is 6. The number of rotatable bonds is 6. The lowest BCUT2D eigenvalue weighted by molar-refractivity contribution is -0.127. The molecule has 0 aromatic carbocycles. The van der Waals surface area contributed by atoms with Crippen LogP contribution >= 0.6 is 0 Å². The molecule has 1 aliphatic rings. The summed E-state index contributed by atoms with van der Waals surface area (Å²) in [6.07, 6.45) is 1.27. The number of alkyl halides is 3. The number of piperidine rings is 1. The van der Waals surface area contributed by atoms with Crippen molar-refractivity contribution in [3.63, 3.8) is 0 Å². The Morgan fingerprint density at radius 2 is 1.92 bits per heavy atom. The average Bonchev–Trinajstić information content (AvgIpc) is 3.49. The summed E-state index contributed by atoms with van der Waals surface area (Å²) < 4.78 is 48.0. The van der Waals surface area contributed by atoms with E-state index in [1.54, 1.807) is 12.3 Å². The number of aryl methyl sites for hydroxylation is 1. The molecule has 0 amide bonds. The Labute approximate surface area is 212 Å². The van der Waals surface area contributed by atoms with Crippen LogP contribution in [0.4, 0.5) is 13.2 Å². The molecule has 1 saturated heterocycles. The van der Waals surface area contributed by atoms with E-state index >= 15 is 0 Å². The molecule has 1 aliphatic heterocycles. The topological polar surface area (TPSA) is 84.2 Å². The number of nitrogens with zero attached hydrogens (tertiary/aromatic N) is 6. The summed E-state index contributed by atoms with van der Waals surface area (Å²) in [4.78, 5) is 11.2. The van der Waals surface area contributed by atoms with Gasteiger partial charge < -0.3 is 9.64 Å². The number of nitrogens with one attached hydrogen (secondary N) is 1. The van der Waals surface area contributed by atoms with Crippen molar-refractivity contribution < 1.29 is 17.9 Å². The minimum atomic E-state index is -4.44. The summed E-state index contributed by atoms with van der Waals surface area (Å²) in [6, 6.07) is 4.01. The smallest absolute Gasteiger partial charge is 0.393 e. The van der Waals surface area contributed by atoms with Crippen molar-refractivity contribution in [2.24, 2.45) is 0 Å². The van der Waals surface area contributed by atoms with E-state index in [1.807, 2.05) is 19.2 Å². The molecular weight excluding hydrogens is 483 g/mol. The fourth-order valence-electron chi connectivity index (χ4n) is 5.22. The molecule has 1 fully saturated rings. The first-order valence-electron chi connectivity index (χ1n) is 12.4. The molecular formula is C26H30F3N7O. The van der Waals surface area contributed by atoms with E-state index in [1.165, 1.54) is 18.0 Å². The van der Waals surface area contributed by atoms with Gasteiger partial charge in [-0.15, -0.1) is 0 Å². The molecule has 1 N–H and O–H groups in total. The number of pyridine rings is 2. The number of methoxy groups -OCH3 is 1. The standard InChI is InChI=1S/C26H30F3N7O/c1-15(2)35-7-5-17(6-8-35)20-12-30-21(9-16(20)3)24-19(11-26(27,28)29)23(33-34-24)18-10-22(37-4)25-31-14-32-36(25)13-18/h9-10,12-15,17H,5-8,11H2,1-4H3,(H,33,34). The van der Waals surface area contributed by atoms with Gasteiger partial charge in [0.05, 0.1) is 30.6 Å². The number of halogens is 3. The van der Waals surface area contributed by atoms with E-state index in [9.17, 15) is 13.2 Å². The van der Waals surface area contributed by atoms with Gasteiger partial charge in [0.15, 0.2) is 11.4 Å². The monoisotopic (exact) mass is 513 g/mol. The number of hydrogen-bond donors (Lipinski definition) is 1. The Balaban J connectivity index is 1.52. The predicted octanol–water partition coefficient (Wildman–Crippen LogP) is 5.19. The summed E-state index contributed by atoms with van der Waals surface area (Å²) in [7, 11) is 1.47. The van der Waals surface area contributed by atoms with Gasteiger partial charge in [-0.05, 0) is 75.9 Å². The second-order valence-electron chi connectivity index (χ2n) is 9.87. The molecule has 37 heavy (non-hydrogen) atoms. The number of likely N-dealkylation sites (tertiary alicyclic amines) is 1. The molecule has 4 aromatic heterocycles. The summed E-state index contributed by atoms with van der Waals surface area (Å²) in [5.41, 5.74) is 3.97. The molecule has 8 nitrogen and oxygen atoms in total. The lowest BCUT2D eigenvalue weighted by Crippen LogP contribution is -2.37. The third kappa shape index (κ3) is 5.04. The molecule has 5 rings (SSSR count). The number of H-pyrrole nitrogens is 1. The first-order valence-corrected chi connectivity index (χ1v) is 12.4. The molecule has 11 heteroatoms. The zero-order chi connectivity index (χ0) is 26.3. The number of aromatic nitrogens is 6. The van der Waals surface area contributed by atoms with Crippen LogP contribution in [-0.4, -0.2) is 67.1 Å². The fraction of sp³-hybridized carbons (Fsp3) is 0.462. The number of fused-ring (bicyclic) bond motifs is 1. The van der Waals surface area contributed by atoms with Gasteiger partial charge in [-0.25, -0.2) is 9.50 Å². The summed E-state index contributed by atoms with van der Waals surface area (Å²) in [6.45, 7) is 8.48. The van der Waals surface area contributed by atoms with Crippen molar-refractivity contribution in [2.75, 3.05) is 20.2 Å². The lowest BCUT2D eigenvalue weighted by Gasteiger charge is -2.35. The van der Waals surface area contributed by atoms with Crippen molar-refractivity contribution in [1.82, 2.24) is 34.7 Å². The van der Waals surface area contributed by atoms with Gasteiger partial charge in [-0.3, -0.25) is 10.1 Å². The van der Waals surface area contributed by atoms with E-state index < -0.39 is 12.6 Å². The first kappa shape index (κ1) is 25.2. The maximum atomic E-state index is 13.7. The van der Waals surface area contributed by atoms with Crippen LogP contribution in [0.15, 0.2) is 30.9 Å². The highest BCUT2D eigenvalue weighted by Crippen LogP contribution is 2.37. The zero-order valence-corrected chi connectivity index (χ0v) is 21.3. The van der Waals surface area contributed by atoms with E-state index in [4.69, 9.17) is 4.74 Å². The molecule has 0 spiro atoms. The van der Waals surface area contributed by atoms with Gasteiger partial charge >= 0.3 is 6.18 Å². The van der Waals surface area contributed by atoms with Gasteiger partial charge in [0, 0.05) is 29.6 Å². The van der Waals surface area contributed by atoms with Crippen LogP contribution in [0.5, 0.6) is 5.75 Å². The van der Waals surface area contributed by atoms with Crippen molar-refractivity contribution in [2.45, 2.75) is 58.2 Å². The molecule has 5 heterocycles. The van der Waals surface area contributed by atoms with Crippen molar-refractivity contribution in [3.05, 3.63) is 47.5 Å². The van der Waals surface area contributed by atoms with Gasteiger partial charge in [0.2, 0.25) is 0 Å². The van der Waals surface area contributed by atoms with Crippen LogP contribution in [0.3, 0.4) is 0 Å². The molecule has 0 bridgehead atoms. The lowest BCUT2D eigenvalue weighted by atomic mass is 9.87. The van der Waals surface area contributed by atoms with Gasteiger partial charge in [-0.1, -0.05) is 0 Å². The Hall–Kier alpha value is -3.47. The minimum Gasteiger partial charge on any atom is -0.493 e. The Bertz CT molecular complexity index is 1400. The maximum absolute atomic E-state index is 13.7. The van der Waals surface area contributed by atoms with Crippen LogP contribution in [0.1, 0.15) is 49.3 Å². The number of ether oxygens (including phenoxy) is 1. The molecule has 0 aliphatic carbocycles. The quantitative estimate of drug-likeness (QED) is 0.382. The van der Waals surface area contributed by atoms with Crippen molar-refractivity contribution in [1.29, 1.82) is 0 Å². The Morgan fingerprint density at radius 1 is 1.16 bits per heavy atom. The second kappa shape index (κ2) is 9.77. The molecule has 0 atom stereocenters. The SMILES string of the molecule is COc1cc(-c2n[nH]c(-c3cc(C)c(C4CCN(C(C)C)CC4)cn3)c2CC(F)(F)F)cn2ncnc12. The summed E-state index contributed by atoms with van der Waals surface area (Å²) in [5.74, 6) is 0.782. The zero-order valence-electron chi connectivity index (χ0n) is 21.3. The normalized spacial score (nSPS) is 15.7.